The molecule has 0 N–H and O–H groups in total. The van der Waals surface area contributed by atoms with Crippen molar-refractivity contribution in [2.45, 2.75) is 79.1 Å². The van der Waals surface area contributed by atoms with Crippen LogP contribution in [0, 0.1) is 0 Å². The van der Waals surface area contributed by atoms with Crippen LogP contribution in [0.1, 0.15) is 84.9 Å². The lowest BCUT2D eigenvalue weighted by Crippen LogP contribution is -2.19. The van der Waals surface area contributed by atoms with Crippen molar-refractivity contribution in [3.63, 3.8) is 0 Å². The summed E-state index contributed by atoms with van der Waals surface area (Å²) >= 11 is 0. The molecule has 0 unspecified atom stereocenters. The Hall–Kier alpha value is -2.75. The summed E-state index contributed by atoms with van der Waals surface area (Å²) in [6, 6.07) is 10.5. The van der Waals surface area contributed by atoms with Crippen LogP contribution in [0.2, 0.25) is 0 Å². The average molecular weight is 467 g/mol. The van der Waals surface area contributed by atoms with Crippen LogP contribution in [0.3, 0.4) is 0 Å². The Bertz CT molecular complexity index is 1000. The van der Waals surface area contributed by atoms with Crippen molar-refractivity contribution in [2.24, 2.45) is 0 Å². The lowest BCUT2D eigenvalue weighted by molar-refractivity contribution is -0.137. The van der Waals surface area contributed by atoms with Gasteiger partial charge in [-0.3, -0.25) is 0 Å². The van der Waals surface area contributed by atoms with Crippen LogP contribution in [-0.2, 0) is 20.4 Å². The average Bonchev–Trinajstić information content (AvgIpc) is 2.76. The lowest BCUT2D eigenvalue weighted by atomic mass is 9.78. The van der Waals surface area contributed by atoms with Crippen LogP contribution >= 0.6 is 0 Å². The molecule has 0 spiro atoms. The highest BCUT2D eigenvalue weighted by molar-refractivity contribution is 5.88. The maximum Gasteiger partial charge on any atom is 0.330 e. The molecule has 34 heavy (non-hydrogen) atoms. The Morgan fingerprint density at radius 1 is 0.941 bits per heavy atom. The van der Waals surface area contributed by atoms with Gasteiger partial charge in [0.1, 0.15) is 11.5 Å². The molecule has 0 saturated carbocycles. The molecule has 0 fully saturated rings. The molecule has 0 aromatic heterocycles. The number of carbonyl (C=O) groups excluding carboxylic acids is 1. The highest BCUT2D eigenvalue weighted by atomic mass is 16.5. The molecule has 0 aliphatic rings. The van der Waals surface area contributed by atoms with Crippen LogP contribution in [0.5, 0.6) is 11.5 Å². The maximum absolute atomic E-state index is 11.9. The van der Waals surface area contributed by atoms with Gasteiger partial charge in [0.25, 0.3) is 0 Å². The standard InChI is InChI=1S/C30H42O4/c1-10-12-17-34-28-24(19-22(29(3,4)5)20-25(28)30(6,7)8)23-18-21(13-15-26(23)32-9)14-16-27(31)33-11-2/h13-16,18-20H,10-12,17H2,1-9H3. The Morgan fingerprint density at radius 3 is 2.21 bits per heavy atom. The van der Waals surface area contributed by atoms with E-state index in [0.717, 1.165) is 41.0 Å². The molecular weight excluding hydrogens is 424 g/mol. The van der Waals surface area contributed by atoms with E-state index < -0.39 is 0 Å². The van der Waals surface area contributed by atoms with Crippen molar-refractivity contribution < 1.29 is 19.0 Å². The summed E-state index contributed by atoms with van der Waals surface area (Å²) in [5, 5.41) is 0. The summed E-state index contributed by atoms with van der Waals surface area (Å²) in [5.74, 6) is 1.31. The van der Waals surface area contributed by atoms with Gasteiger partial charge in [-0.05, 0) is 59.6 Å². The predicted octanol–water partition coefficient (Wildman–Crippen LogP) is 7.71. The van der Waals surface area contributed by atoms with Crippen LogP contribution in [0.25, 0.3) is 17.2 Å². The number of methoxy groups -OCH3 is 1. The molecular formula is C30H42O4. The summed E-state index contributed by atoms with van der Waals surface area (Å²) in [6.45, 7) is 18.3. The SMILES string of the molecule is CCCCOc1c(-c2cc(C=CC(=O)OCC)ccc2OC)cc(C(C)(C)C)cc1C(C)(C)C. The number of unbranched alkanes of at least 4 members (excludes halogenated alkanes) is 1. The van der Waals surface area contributed by atoms with E-state index in [2.05, 4.69) is 66.7 Å². The maximum atomic E-state index is 11.9. The summed E-state index contributed by atoms with van der Waals surface area (Å²) in [6.07, 6.45) is 5.29. The highest BCUT2D eigenvalue weighted by Crippen LogP contribution is 2.45. The minimum atomic E-state index is -0.354. The van der Waals surface area contributed by atoms with Crippen molar-refractivity contribution in [3.05, 3.63) is 53.1 Å². The van der Waals surface area contributed by atoms with E-state index in [4.69, 9.17) is 14.2 Å². The molecule has 0 amide bonds. The van der Waals surface area contributed by atoms with E-state index in [1.54, 1.807) is 20.1 Å². The van der Waals surface area contributed by atoms with Crippen LogP contribution in [0.15, 0.2) is 36.4 Å². The van der Waals surface area contributed by atoms with E-state index in [1.165, 1.54) is 17.2 Å². The van der Waals surface area contributed by atoms with Crippen molar-refractivity contribution in [2.75, 3.05) is 20.3 Å². The lowest BCUT2D eigenvalue weighted by Gasteiger charge is -2.30. The molecule has 2 aromatic carbocycles. The minimum Gasteiger partial charge on any atom is -0.496 e. The second-order valence-corrected chi connectivity index (χ2v) is 10.6. The van der Waals surface area contributed by atoms with E-state index in [1.807, 2.05) is 12.1 Å². The number of hydrogen-bond donors (Lipinski definition) is 0. The van der Waals surface area contributed by atoms with Gasteiger partial charge in [-0.15, -0.1) is 0 Å². The van der Waals surface area contributed by atoms with E-state index in [9.17, 15) is 4.79 Å². The van der Waals surface area contributed by atoms with E-state index >= 15 is 0 Å². The van der Waals surface area contributed by atoms with E-state index in [0.29, 0.717) is 13.2 Å². The molecule has 2 aromatic rings. The van der Waals surface area contributed by atoms with Crippen LogP contribution in [0.4, 0.5) is 0 Å². The smallest absolute Gasteiger partial charge is 0.330 e. The fourth-order valence-electron chi connectivity index (χ4n) is 3.69. The normalized spacial score (nSPS) is 12.1. The zero-order valence-electron chi connectivity index (χ0n) is 22.5. The van der Waals surface area contributed by atoms with Crippen LogP contribution < -0.4 is 9.47 Å². The van der Waals surface area contributed by atoms with Gasteiger partial charge < -0.3 is 14.2 Å². The Balaban J connectivity index is 2.80. The zero-order chi connectivity index (χ0) is 25.5. The first-order chi connectivity index (χ1) is 15.9. The number of carbonyl (C=O) groups is 1. The fourth-order valence-corrected chi connectivity index (χ4v) is 3.69. The molecule has 4 nitrogen and oxygen atoms in total. The molecule has 0 bridgehead atoms. The Morgan fingerprint density at radius 2 is 1.65 bits per heavy atom. The summed E-state index contributed by atoms with van der Waals surface area (Å²) in [5.41, 5.74) is 5.12. The monoisotopic (exact) mass is 466 g/mol. The van der Waals surface area contributed by atoms with Gasteiger partial charge in [-0.1, -0.05) is 67.0 Å². The Kier molecular flexibility index (Phi) is 9.37. The molecule has 186 valence electrons. The number of hydrogen-bond acceptors (Lipinski definition) is 4. The molecule has 0 heterocycles. The summed E-state index contributed by atoms with van der Waals surface area (Å²) in [4.78, 5) is 11.9. The first kappa shape index (κ1) is 27.5. The largest absolute Gasteiger partial charge is 0.496 e. The zero-order valence-corrected chi connectivity index (χ0v) is 22.5. The molecule has 0 aliphatic heterocycles. The molecule has 4 heteroatoms. The summed E-state index contributed by atoms with van der Waals surface area (Å²) in [7, 11) is 1.68. The summed E-state index contributed by atoms with van der Waals surface area (Å²) < 4.78 is 17.3. The number of rotatable bonds is 9. The molecule has 0 saturated heterocycles. The van der Waals surface area contributed by atoms with Crippen molar-refractivity contribution in [1.29, 1.82) is 0 Å². The predicted molar refractivity (Wildman–Crippen MR) is 142 cm³/mol. The third kappa shape index (κ3) is 7.12. The molecule has 2 rings (SSSR count). The molecule has 0 radical (unpaired) electrons. The van der Waals surface area contributed by atoms with Gasteiger partial charge in [0, 0.05) is 22.8 Å². The number of benzene rings is 2. The van der Waals surface area contributed by atoms with Crippen molar-refractivity contribution in [3.8, 4) is 22.6 Å². The van der Waals surface area contributed by atoms with Gasteiger partial charge in [0.15, 0.2) is 0 Å². The quantitative estimate of drug-likeness (QED) is 0.216. The Labute approximate surface area is 206 Å². The van der Waals surface area contributed by atoms with Gasteiger partial charge in [0.05, 0.1) is 20.3 Å². The minimum absolute atomic E-state index is 0.0364. The van der Waals surface area contributed by atoms with Gasteiger partial charge in [-0.2, -0.15) is 0 Å². The third-order valence-corrected chi connectivity index (χ3v) is 5.72. The van der Waals surface area contributed by atoms with Gasteiger partial charge in [0.2, 0.25) is 0 Å². The topological polar surface area (TPSA) is 44.8 Å². The van der Waals surface area contributed by atoms with Crippen molar-refractivity contribution >= 4 is 12.0 Å². The number of ether oxygens (including phenoxy) is 3. The fraction of sp³-hybridized carbons (Fsp3) is 0.500. The first-order valence-corrected chi connectivity index (χ1v) is 12.3. The van der Waals surface area contributed by atoms with Gasteiger partial charge in [-0.25, -0.2) is 4.79 Å². The molecule has 0 aliphatic carbocycles. The number of esters is 1. The second-order valence-electron chi connectivity index (χ2n) is 10.6. The van der Waals surface area contributed by atoms with E-state index in [-0.39, 0.29) is 16.8 Å². The van der Waals surface area contributed by atoms with Crippen LogP contribution in [-0.4, -0.2) is 26.3 Å². The first-order valence-electron chi connectivity index (χ1n) is 12.3. The highest BCUT2D eigenvalue weighted by Gasteiger charge is 2.27. The molecule has 0 atom stereocenters. The third-order valence-electron chi connectivity index (χ3n) is 5.72. The second kappa shape index (κ2) is 11.6. The van der Waals surface area contributed by atoms with Crippen molar-refractivity contribution in [1.82, 2.24) is 0 Å². The van der Waals surface area contributed by atoms with Gasteiger partial charge >= 0.3 is 5.97 Å².